The Bertz CT molecular complexity index is 1340. The fraction of sp³-hybridized carbons (Fsp3) is 0.625. The van der Waals surface area contributed by atoms with E-state index in [9.17, 15) is 33.2 Å². The lowest BCUT2D eigenvalue weighted by Crippen LogP contribution is -2.61. The van der Waals surface area contributed by atoms with Gasteiger partial charge >= 0.3 is 6.03 Å². The van der Waals surface area contributed by atoms with E-state index in [0.29, 0.717) is 51.1 Å². The van der Waals surface area contributed by atoms with Crippen LogP contribution in [0.25, 0.3) is 0 Å². The van der Waals surface area contributed by atoms with Gasteiger partial charge in [0, 0.05) is 32.7 Å². The third-order valence-electron chi connectivity index (χ3n) is 8.87. The molecule has 13 nitrogen and oxygen atoms in total. The number of hydrogen-bond acceptors (Lipinski definition) is 7. The number of nitrogens with two attached hydrogens (primary N) is 1. The van der Waals surface area contributed by atoms with Crippen LogP contribution in [0.15, 0.2) is 24.3 Å². The Morgan fingerprint density at radius 2 is 1.57 bits per heavy atom. The summed E-state index contributed by atoms with van der Waals surface area (Å²) in [6.07, 6.45) is 3.03. The molecule has 5 N–H and O–H groups in total. The number of nitrogens with zero attached hydrogens (tertiary/aromatic N) is 3. The second-order valence-corrected chi connectivity index (χ2v) is 13.6. The van der Waals surface area contributed by atoms with Gasteiger partial charge in [-0.2, -0.15) is 0 Å². The van der Waals surface area contributed by atoms with Crippen molar-refractivity contribution < 1.29 is 33.2 Å². The maximum atomic E-state index is 14.2. The number of ketones is 1. The van der Waals surface area contributed by atoms with Crippen LogP contribution >= 0.6 is 0 Å². The van der Waals surface area contributed by atoms with Crippen LogP contribution in [0.4, 0.5) is 14.9 Å². The number of amides is 6. The van der Waals surface area contributed by atoms with E-state index in [1.807, 2.05) is 4.90 Å². The minimum atomic E-state index is -1.12. The number of hydrogen-bond donors (Lipinski definition) is 4. The molecule has 1 aromatic rings. The first-order valence-electron chi connectivity index (χ1n) is 16.0. The number of likely N-dealkylation sites (tertiary alicyclic amines) is 1. The summed E-state index contributed by atoms with van der Waals surface area (Å²) in [7, 11) is 0. The molecule has 6 amide bonds. The van der Waals surface area contributed by atoms with Gasteiger partial charge in [0.2, 0.25) is 23.5 Å². The first-order chi connectivity index (χ1) is 21.7. The average molecular weight is 644 g/mol. The normalized spacial score (nSPS) is 20.4. The maximum Gasteiger partial charge on any atom is 0.316 e. The first-order valence-corrected chi connectivity index (χ1v) is 16.0. The molecule has 1 aliphatic carbocycles. The summed E-state index contributed by atoms with van der Waals surface area (Å²) in [6.45, 7) is 8.77. The van der Waals surface area contributed by atoms with E-state index in [2.05, 4.69) is 16.0 Å². The van der Waals surface area contributed by atoms with Crippen LogP contribution in [0.2, 0.25) is 0 Å². The molecular weight excluding hydrogens is 597 g/mol. The SMILES string of the molecule is CC(NC(=O)N[C@H](C(=O)N1CCCC1C(=O)NC(CC1CC1)C(=O)C(N)=O)C(C)(C)C)C(=O)N1CCN(c2ccccc2F)CC1. The highest BCUT2D eigenvalue weighted by atomic mass is 19.1. The minimum Gasteiger partial charge on any atom is -0.366 e. The summed E-state index contributed by atoms with van der Waals surface area (Å²) in [6, 6.07) is 1.90. The first kappa shape index (κ1) is 34.6. The minimum absolute atomic E-state index is 0.237. The van der Waals surface area contributed by atoms with Crippen LogP contribution in [0.1, 0.15) is 59.8 Å². The van der Waals surface area contributed by atoms with E-state index < -0.39 is 59.1 Å². The number of piperazine rings is 1. The van der Waals surface area contributed by atoms with Crippen LogP contribution in [-0.4, -0.2) is 102 Å². The third-order valence-corrected chi connectivity index (χ3v) is 8.87. The molecular formula is C32H46FN7O6. The molecule has 0 aromatic heterocycles. The van der Waals surface area contributed by atoms with Crippen molar-refractivity contribution in [3.05, 3.63) is 30.1 Å². The molecule has 4 atom stereocenters. The number of urea groups is 1. The summed E-state index contributed by atoms with van der Waals surface area (Å²) in [5, 5.41) is 8.01. The number of Topliss-reactive ketones (excluding diaryl/α,β-unsaturated/α-hetero) is 1. The lowest BCUT2D eigenvalue weighted by atomic mass is 9.85. The predicted octanol–water partition coefficient (Wildman–Crippen LogP) is 0.907. The average Bonchev–Trinajstić information content (AvgIpc) is 3.69. The molecule has 252 valence electrons. The molecule has 46 heavy (non-hydrogen) atoms. The van der Waals surface area contributed by atoms with Crippen molar-refractivity contribution in [2.75, 3.05) is 37.6 Å². The van der Waals surface area contributed by atoms with Gasteiger partial charge in [0.15, 0.2) is 0 Å². The Kier molecular flexibility index (Phi) is 10.9. The molecule has 0 spiro atoms. The number of nitrogens with one attached hydrogen (secondary N) is 3. The van der Waals surface area contributed by atoms with Gasteiger partial charge in [-0.25, -0.2) is 9.18 Å². The van der Waals surface area contributed by atoms with E-state index in [4.69, 9.17) is 5.73 Å². The number of anilines is 1. The molecule has 3 unspecified atom stereocenters. The fourth-order valence-corrected chi connectivity index (χ4v) is 6.06. The van der Waals surface area contributed by atoms with E-state index in [0.717, 1.165) is 12.8 Å². The van der Waals surface area contributed by atoms with E-state index in [1.165, 1.54) is 11.0 Å². The number of rotatable bonds is 11. The molecule has 0 radical (unpaired) electrons. The second-order valence-electron chi connectivity index (χ2n) is 13.6. The molecule has 3 aliphatic rings. The molecule has 1 aromatic carbocycles. The van der Waals surface area contributed by atoms with Crippen molar-refractivity contribution in [1.29, 1.82) is 0 Å². The number of para-hydroxylation sites is 1. The van der Waals surface area contributed by atoms with Crippen LogP contribution in [-0.2, 0) is 24.0 Å². The van der Waals surface area contributed by atoms with Crippen molar-refractivity contribution in [3.63, 3.8) is 0 Å². The van der Waals surface area contributed by atoms with E-state index >= 15 is 0 Å². The second kappa shape index (κ2) is 14.5. The van der Waals surface area contributed by atoms with Crippen molar-refractivity contribution in [2.45, 2.75) is 84.0 Å². The predicted molar refractivity (Wildman–Crippen MR) is 168 cm³/mol. The van der Waals surface area contributed by atoms with Gasteiger partial charge in [-0.05, 0) is 49.7 Å². The van der Waals surface area contributed by atoms with Gasteiger partial charge in [0.05, 0.1) is 11.7 Å². The van der Waals surface area contributed by atoms with Gasteiger partial charge < -0.3 is 36.4 Å². The molecule has 4 rings (SSSR count). The van der Waals surface area contributed by atoms with Crippen molar-refractivity contribution in [1.82, 2.24) is 25.8 Å². The zero-order valence-corrected chi connectivity index (χ0v) is 27.0. The van der Waals surface area contributed by atoms with Crippen LogP contribution in [0.3, 0.4) is 0 Å². The Balaban J connectivity index is 1.34. The molecule has 0 bridgehead atoms. The van der Waals surface area contributed by atoms with Crippen molar-refractivity contribution in [2.24, 2.45) is 17.1 Å². The van der Waals surface area contributed by atoms with E-state index in [-0.39, 0.29) is 24.2 Å². The van der Waals surface area contributed by atoms with Gasteiger partial charge in [0.1, 0.15) is 23.9 Å². The highest BCUT2D eigenvalue weighted by Crippen LogP contribution is 2.34. The highest BCUT2D eigenvalue weighted by Gasteiger charge is 2.43. The van der Waals surface area contributed by atoms with Gasteiger partial charge in [-0.1, -0.05) is 45.7 Å². The quantitative estimate of drug-likeness (QED) is 0.259. The smallest absolute Gasteiger partial charge is 0.316 e. The van der Waals surface area contributed by atoms with Crippen LogP contribution in [0, 0.1) is 17.2 Å². The lowest BCUT2D eigenvalue weighted by Gasteiger charge is -2.38. The summed E-state index contributed by atoms with van der Waals surface area (Å²) in [5.41, 5.74) is 4.93. The zero-order chi connectivity index (χ0) is 33.8. The topological polar surface area (TPSA) is 174 Å². The molecule has 2 saturated heterocycles. The van der Waals surface area contributed by atoms with Crippen LogP contribution in [0.5, 0.6) is 0 Å². The molecule has 1 saturated carbocycles. The third kappa shape index (κ3) is 8.52. The standard InChI is InChI=1S/C32H46FN7O6/c1-19(29(44)39-16-14-38(15-17-39)23-9-6-5-8-21(23)33)35-31(46)37-26(32(2,3)4)30(45)40-13-7-10-24(40)28(43)36-22(18-20-11-12-20)25(41)27(34)42/h5-6,8-9,19-20,22,24,26H,7,10-18H2,1-4H3,(H2,34,42)(H,36,43)(H2,35,37,46)/t19?,22?,24?,26-/m1/s1. The fourth-order valence-electron chi connectivity index (χ4n) is 6.06. The molecule has 2 aliphatic heterocycles. The van der Waals surface area contributed by atoms with Gasteiger partial charge in [-0.3, -0.25) is 24.0 Å². The summed E-state index contributed by atoms with van der Waals surface area (Å²) in [5.74, 6) is -3.39. The number of carbonyl (C=O) groups excluding carboxylic acids is 6. The van der Waals surface area contributed by atoms with Crippen molar-refractivity contribution >= 4 is 41.1 Å². The Labute approximate surface area is 268 Å². The Hall–Kier alpha value is -4.23. The lowest BCUT2D eigenvalue weighted by molar-refractivity contribution is -0.143. The number of benzene rings is 1. The van der Waals surface area contributed by atoms with Crippen LogP contribution < -0.4 is 26.6 Å². The molecule has 2 heterocycles. The number of halogens is 1. The van der Waals surface area contributed by atoms with E-state index in [1.54, 1.807) is 50.8 Å². The molecule has 14 heteroatoms. The highest BCUT2D eigenvalue weighted by molar-refractivity contribution is 6.37. The monoisotopic (exact) mass is 643 g/mol. The number of carbonyl (C=O) groups is 6. The summed E-state index contributed by atoms with van der Waals surface area (Å²) >= 11 is 0. The molecule has 3 fully saturated rings. The van der Waals surface area contributed by atoms with Crippen molar-refractivity contribution in [3.8, 4) is 0 Å². The van der Waals surface area contributed by atoms with Gasteiger partial charge in [-0.15, -0.1) is 0 Å². The Morgan fingerprint density at radius 3 is 2.15 bits per heavy atom. The largest absolute Gasteiger partial charge is 0.366 e. The summed E-state index contributed by atoms with van der Waals surface area (Å²) in [4.78, 5) is 82.3. The van der Waals surface area contributed by atoms with Gasteiger partial charge in [0.25, 0.3) is 5.91 Å². The maximum absolute atomic E-state index is 14.2. The Morgan fingerprint density at radius 1 is 0.913 bits per heavy atom. The zero-order valence-electron chi connectivity index (χ0n) is 27.0. The summed E-state index contributed by atoms with van der Waals surface area (Å²) < 4.78 is 14.2. The number of primary amides is 1.